The predicted octanol–water partition coefficient (Wildman–Crippen LogP) is 2.32. The number of nitrogens with two attached hydrogens (primary N) is 2. The van der Waals surface area contributed by atoms with E-state index in [9.17, 15) is 9.36 Å². The fourth-order valence-electron chi connectivity index (χ4n) is 3.72. The van der Waals surface area contributed by atoms with Crippen molar-refractivity contribution in [3.63, 3.8) is 0 Å². The van der Waals surface area contributed by atoms with Crippen molar-refractivity contribution < 1.29 is 27.8 Å². The summed E-state index contributed by atoms with van der Waals surface area (Å²) in [5.41, 5.74) is 11.0. The number of hydrogen-bond donors (Lipinski definition) is 3. The number of rotatable bonds is 10. The minimum atomic E-state index is -4.02. The third-order valence-electron chi connectivity index (χ3n) is 5.48. The Bertz CT molecular complexity index is 1460. The molecule has 14 heteroatoms. The van der Waals surface area contributed by atoms with Gasteiger partial charge in [0.2, 0.25) is 12.4 Å². The van der Waals surface area contributed by atoms with E-state index >= 15 is 0 Å². The van der Waals surface area contributed by atoms with Crippen LogP contribution >= 0.6 is 7.75 Å². The number of benzene rings is 2. The number of fused-ring (bicyclic) bond motifs is 1. The van der Waals surface area contributed by atoms with Crippen molar-refractivity contribution in [2.24, 2.45) is 5.50 Å². The van der Waals surface area contributed by atoms with Gasteiger partial charge in [0.05, 0.1) is 26.4 Å². The predicted molar refractivity (Wildman–Crippen MR) is 132 cm³/mol. The summed E-state index contributed by atoms with van der Waals surface area (Å²) in [5, 5.41) is 0. The summed E-state index contributed by atoms with van der Waals surface area (Å²) >= 11 is 0. The van der Waals surface area contributed by atoms with Crippen LogP contribution in [0.5, 0.6) is 5.75 Å². The van der Waals surface area contributed by atoms with Gasteiger partial charge in [-0.3, -0.25) is 18.9 Å². The number of nitrogen functional groups attached to an aromatic ring is 1. The van der Waals surface area contributed by atoms with E-state index in [1.54, 1.807) is 30.3 Å². The van der Waals surface area contributed by atoms with Crippen LogP contribution in [0.3, 0.4) is 0 Å². The van der Waals surface area contributed by atoms with Gasteiger partial charge < -0.3 is 24.5 Å². The number of hydrogen-bond acceptors (Lipinski definition) is 10. The van der Waals surface area contributed by atoms with Crippen molar-refractivity contribution in [2.45, 2.75) is 18.6 Å². The number of ether oxygens (including phenoxy) is 3. The zero-order chi connectivity index (χ0) is 25.9. The average Bonchev–Trinajstić information content (AvgIpc) is 3.49. The highest BCUT2D eigenvalue weighted by atomic mass is 31.2. The Morgan fingerprint density at radius 1 is 1.14 bits per heavy atom. The lowest BCUT2D eigenvalue weighted by Gasteiger charge is -2.28. The van der Waals surface area contributed by atoms with Crippen LogP contribution in [0.4, 0.5) is 5.95 Å². The first-order valence-electron chi connectivity index (χ1n) is 11.2. The van der Waals surface area contributed by atoms with E-state index in [1.165, 1.54) is 10.9 Å². The van der Waals surface area contributed by atoms with Crippen LogP contribution in [0.25, 0.3) is 11.2 Å². The highest BCUT2D eigenvalue weighted by Gasteiger charge is 2.45. The largest absolute Gasteiger partial charge is 0.456 e. The normalized spacial score (nSPS) is 21.2. The molecule has 13 nitrogen and oxygen atoms in total. The summed E-state index contributed by atoms with van der Waals surface area (Å²) < 4.78 is 43.1. The van der Waals surface area contributed by atoms with Crippen molar-refractivity contribution in [1.29, 1.82) is 0 Å². The van der Waals surface area contributed by atoms with Crippen molar-refractivity contribution in [2.75, 3.05) is 25.6 Å². The zero-order valence-electron chi connectivity index (χ0n) is 19.6. The Kier molecular flexibility index (Phi) is 7.07. The molecule has 5 rings (SSSR count). The minimum absolute atomic E-state index is 0.00646. The van der Waals surface area contributed by atoms with Crippen LogP contribution in [0.1, 0.15) is 12.0 Å². The molecule has 0 aliphatic carbocycles. The molecule has 194 valence electrons. The monoisotopic (exact) mass is 528 g/mol. The van der Waals surface area contributed by atoms with Crippen molar-refractivity contribution >= 4 is 24.9 Å². The minimum Gasteiger partial charge on any atom is -0.413 e. The highest BCUT2D eigenvalue weighted by molar-refractivity contribution is 7.51. The topological polar surface area (TPSA) is 179 Å². The molecule has 3 heterocycles. The molecular formula is C23H25N6O7P. The SMILES string of the molecule is Nc1nc2c(ncn2C2OCC(COCc3ccccc3)(COP(N)(=O)Oc3ccccc3)O2)c(=O)[nH]1. The van der Waals surface area contributed by atoms with E-state index in [4.69, 9.17) is 34.5 Å². The summed E-state index contributed by atoms with van der Waals surface area (Å²) in [5.74, 6) is 0.211. The molecule has 2 aromatic heterocycles. The summed E-state index contributed by atoms with van der Waals surface area (Å²) in [6.07, 6.45) is 0.306. The maximum Gasteiger partial charge on any atom is 0.456 e. The van der Waals surface area contributed by atoms with Crippen LogP contribution in [0.15, 0.2) is 71.8 Å². The second-order valence-electron chi connectivity index (χ2n) is 8.39. The molecule has 1 fully saturated rings. The van der Waals surface area contributed by atoms with E-state index in [2.05, 4.69) is 15.0 Å². The molecule has 5 N–H and O–H groups in total. The number of anilines is 1. The van der Waals surface area contributed by atoms with Crippen molar-refractivity contribution in [3.05, 3.63) is 82.9 Å². The fraction of sp³-hybridized carbons (Fsp3) is 0.261. The Morgan fingerprint density at radius 3 is 2.62 bits per heavy atom. The molecule has 0 radical (unpaired) electrons. The zero-order valence-corrected chi connectivity index (χ0v) is 20.5. The van der Waals surface area contributed by atoms with Crippen LogP contribution in [-0.2, 0) is 29.9 Å². The van der Waals surface area contributed by atoms with Crippen molar-refractivity contribution in [1.82, 2.24) is 19.5 Å². The molecule has 0 bridgehead atoms. The van der Waals surface area contributed by atoms with E-state index in [-0.39, 0.29) is 36.9 Å². The second-order valence-corrected chi connectivity index (χ2v) is 9.91. The number of nitrogens with zero attached hydrogens (tertiary/aromatic N) is 3. The molecule has 0 spiro atoms. The molecule has 37 heavy (non-hydrogen) atoms. The molecule has 3 atom stereocenters. The molecule has 1 aliphatic heterocycles. The van der Waals surface area contributed by atoms with Gasteiger partial charge in [0.1, 0.15) is 17.7 Å². The first-order chi connectivity index (χ1) is 17.8. The maximum absolute atomic E-state index is 12.9. The van der Waals surface area contributed by atoms with Gasteiger partial charge in [0.15, 0.2) is 11.2 Å². The number of nitrogens with one attached hydrogen (secondary N) is 1. The quantitative estimate of drug-likeness (QED) is 0.257. The van der Waals surface area contributed by atoms with Gasteiger partial charge >= 0.3 is 7.75 Å². The summed E-state index contributed by atoms with van der Waals surface area (Å²) in [6, 6.07) is 18.0. The van der Waals surface area contributed by atoms with Crippen LogP contribution in [-0.4, -0.2) is 44.9 Å². The van der Waals surface area contributed by atoms with Gasteiger partial charge in [-0.1, -0.05) is 48.5 Å². The molecule has 4 aromatic rings. The maximum atomic E-state index is 12.9. The lowest BCUT2D eigenvalue weighted by molar-refractivity contribution is -0.162. The molecule has 0 saturated carbocycles. The number of aromatic nitrogens is 4. The number of imidazole rings is 1. The third-order valence-corrected chi connectivity index (χ3v) is 6.43. The highest BCUT2D eigenvalue weighted by Crippen LogP contribution is 2.43. The van der Waals surface area contributed by atoms with Gasteiger partial charge in [-0.05, 0) is 17.7 Å². The smallest absolute Gasteiger partial charge is 0.413 e. The van der Waals surface area contributed by atoms with Gasteiger partial charge in [-0.2, -0.15) is 4.98 Å². The molecule has 0 amide bonds. The van der Waals surface area contributed by atoms with E-state index in [0.717, 1.165) is 5.56 Å². The van der Waals surface area contributed by atoms with Crippen LogP contribution in [0, 0.1) is 0 Å². The lowest BCUT2D eigenvalue weighted by Crippen LogP contribution is -2.42. The average molecular weight is 528 g/mol. The summed E-state index contributed by atoms with van der Waals surface area (Å²) in [6.45, 7) is 0.00320. The van der Waals surface area contributed by atoms with Gasteiger partial charge in [0.25, 0.3) is 5.56 Å². The fourth-order valence-corrected chi connectivity index (χ4v) is 4.61. The summed E-state index contributed by atoms with van der Waals surface area (Å²) in [4.78, 5) is 22.8. The second kappa shape index (κ2) is 10.4. The Balaban J connectivity index is 1.34. The van der Waals surface area contributed by atoms with Crippen molar-refractivity contribution in [3.8, 4) is 5.75 Å². The molecule has 2 aromatic carbocycles. The Labute approximate surface area is 210 Å². The van der Waals surface area contributed by atoms with E-state index < -0.39 is 25.3 Å². The number of para-hydroxylation sites is 1. The molecule has 1 saturated heterocycles. The first kappa shape index (κ1) is 25.1. The molecule has 3 unspecified atom stereocenters. The number of aromatic amines is 1. The van der Waals surface area contributed by atoms with Gasteiger partial charge in [-0.25, -0.2) is 15.1 Å². The molecule has 1 aliphatic rings. The molecular weight excluding hydrogens is 503 g/mol. The number of H-pyrrole nitrogens is 1. The third kappa shape index (κ3) is 5.88. The lowest BCUT2D eigenvalue weighted by atomic mass is 10.1. The first-order valence-corrected chi connectivity index (χ1v) is 12.8. The Hall–Kier alpha value is -3.58. The van der Waals surface area contributed by atoms with Gasteiger partial charge in [0, 0.05) is 0 Å². The summed E-state index contributed by atoms with van der Waals surface area (Å²) in [7, 11) is -4.02. The van der Waals surface area contributed by atoms with Crippen LogP contribution in [0.2, 0.25) is 0 Å². The van der Waals surface area contributed by atoms with Crippen LogP contribution < -0.4 is 21.3 Å². The van der Waals surface area contributed by atoms with E-state index in [1.807, 2.05) is 30.3 Å². The van der Waals surface area contributed by atoms with Gasteiger partial charge in [-0.15, -0.1) is 0 Å². The standard InChI is InChI=1S/C23H25N6O7P/c24-21-27-19-18(20(30)28-21)26-15-29(19)22-33-13-23(35-22,12-32-11-16-7-3-1-4-8-16)14-34-37(25,31)36-17-9-5-2-6-10-17/h1-10,15,22H,11-14H2,(H2,25,31)(H3,24,27,28,30). The Morgan fingerprint density at radius 2 is 1.86 bits per heavy atom. The van der Waals surface area contributed by atoms with E-state index in [0.29, 0.717) is 12.4 Å².